The number of morpholine rings is 4. The Labute approximate surface area is 734 Å². The Morgan fingerprint density at radius 1 is 0.290 bits per heavy atom. The summed E-state index contributed by atoms with van der Waals surface area (Å²) in [6, 6.07) is 32.4. The number of methoxy groups -OCH3 is 4. The number of aromatic nitrogens is 8. The van der Waals surface area contributed by atoms with Crippen molar-refractivity contribution in [3.63, 3.8) is 0 Å². The van der Waals surface area contributed by atoms with Gasteiger partial charge in [-0.3, -0.25) is 19.6 Å². The lowest BCUT2D eigenvalue weighted by Crippen LogP contribution is -2.37. The lowest BCUT2D eigenvalue weighted by Gasteiger charge is -2.26. The third-order valence-corrected chi connectivity index (χ3v) is 21.5. The fourth-order valence-corrected chi connectivity index (χ4v) is 14.5. The second-order valence-electron chi connectivity index (χ2n) is 28.6. The normalized spacial score (nSPS) is 14.5. The number of ether oxygens (including phenoxy) is 12. The molecule has 16 rings (SSSR count). The van der Waals surface area contributed by atoms with Gasteiger partial charge in [0, 0.05) is 147 Å². The van der Waals surface area contributed by atoms with Crippen molar-refractivity contribution in [1.29, 1.82) is 0 Å². The average Bonchev–Trinajstić information content (AvgIpc) is 0.805. The van der Waals surface area contributed by atoms with E-state index in [1.54, 1.807) is 52.7 Å². The predicted molar refractivity (Wildman–Crippen MR) is 473 cm³/mol. The largest absolute Gasteiger partial charge is 0.493 e. The van der Waals surface area contributed by atoms with Crippen LogP contribution in [0, 0.1) is 23.3 Å². The van der Waals surface area contributed by atoms with Gasteiger partial charge in [0.05, 0.1) is 150 Å². The maximum absolute atomic E-state index is 13.5. The van der Waals surface area contributed by atoms with Crippen LogP contribution in [0.1, 0.15) is 25.7 Å². The van der Waals surface area contributed by atoms with E-state index in [0.717, 1.165) is 179 Å². The number of hydrogen-bond donors (Lipinski definition) is 4. The van der Waals surface area contributed by atoms with Crippen molar-refractivity contribution in [3.8, 4) is 46.0 Å². The van der Waals surface area contributed by atoms with Crippen molar-refractivity contribution in [2.45, 2.75) is 25.7 Å². The summed E-state index contributed by atoms with van der Waals surface area (Å²) in [4.78, 5) is 44.1. The number of rotatable bonds is 32. The summed E-state index contributed by atoms with van der Waals surface area (Å²) in [5.41, 5.74) is 5.27. The summed E-state index contributed by atoms with van der Waals surface area (Å²) in [7, 11) is 6.40. The summed E-state index contributed by atoms with van der Waals surface area (Å²) in [5, 5.41) is 15.9. The molecule has 4 aliphatic rings. The zero-order valence-electron chi connectivity index (χ0n) is 68.9. The number of anilines is 8. The second-order valence-corrected chi connectivity index (χ2v) is 30.2. The van der Waals surface area contributed by atoms with E-state index in [-0.39, 0.29) is 20.1 Å². The van der Waals surface area contributed by atoms with E-state index in [2.05, 4.69) is 80.7 Å². The fourth-order valence-electron chi connectivity index (χ4n) is 13.8. The van der Waals surface area contributed by atoms with Crippen LogP contribution in [0.4, 0.5) is 63.6 Å². The quantitative estimate of drug-likeness (QED) is 0.0225. The molecule has 0 bridgehead atoms. The molecule has 4 N–H and O–H groups in total. The standard InChI is InChI=1S/4C22H24ClFN4O3/c4*1-29-20-13-19-16(12-21(20)31-8-2-5-28-6-9-30-10-7-28)22(26-14-25-19)27-15-3-4-18(24)17(23)11-15/h4*3-4,11-14H,2,5-10H2,1H3,(H,25,26,27). The first-order chi connectivity index (χ1) is 60.5. The molecule has 124 heavy (non-hydrogen) atoms. The fraction of sp³-hybridized carbons (Fsp3) is 0.364. The minimum absolute atomic E-state index is 0.0364. The van der Waals surface area contributed by atoms with Crippen molar-refractivity contribution in [2.24, 2.45) is 0 Å². The highest BCUT2D eigenvalue weighted by Gasteiger charge is 2.22. The van der Waals surface area contributed by atoms with Crippen LogP contribution < -0.4 is 59.2 Å². The van der Waals surface area contributed by atoms with Crippen LogP contribution in [0.3, 0.4) is 0 Å². The highest BCUT2D eigenvalue weighted by molar-refractivity contribution is 6.32. The zero-order valence-corrected chi connectivity index (χ0v) is 72.0. The second kappa shape index (κ2) is 46.3. The van der Waals surface area contributed by atoms with Crippen LogP contribution in [0.2, 0.25) is 20.1 Å². The van der Waals surface area contributed by atoms with E-state index >= 15 is 0 Å². The van der Waals surface area contributed by atoms with Crippen LogP contribution >= 0.6 is 46.4 Å². The van der Waals surface area contributed by atoms with Crippen molar-refractivity contribution in [2.75, 3.05) is 208 Å². The molecule has 12 aromatic rings. The van der Waals surface area contributed by atoms with E-state index in [9.17, 15) is 17.6 Å². The molecule has 8 heterocycles. The van der Waals surface area contributed by atoms with Crippen LogP contribution in [0.5, 0.6) is 46.0 Å². The molecule has 0 aliphatic carbocycles. The average molecular weight is 1790 g/mol. The summed E-state index contributed by atoms with van der Waals surface area (Å²) in [6.45, 7) is 20.0. The first kappa shape index (κ1) is 91.0. The molecule has 0 atom stereocenters. The minimum atomic E-state index is -0.475. The molecule has 0 amide bonds. The Hall–Kier alpha value is -10.7. The summed E-state index contributed by atoms with van der Waals surface area (Å²) in [5.74, 6) is 5.24. The van der Waals surface area contributed by atoms with Crippen molar-refractivity contribution in [3.05, 3.63) is 190 Å². The molecule has 4 aromatic heterocycles. The van der Waals surface area contributed by atoms with E-state index in [4.69, 9.17) is 103 Å². The molecule has 28 nitrogen and oxygen atoms in total. The van der Waals surface area contributed by atoms with Gasteiger partial charge in [0.25, 0.3) is 0 Å². The first-order valence-electron chi connectivity index (χ1n) is 40.5. The summed E-state index contributed by atoms with van der Waals surface area (Å²) >= 11 is 23.6. The monoisotopic (exact) mass is 1780 g/mol. The molecule has 0 saturated carbocycles. The number of nitrogens with zero attached hydrogens (tertiary/aromatic N) is 12. The summed E-state index contributed by atoms with van der Waals surface area (Å²) < 4.78 is 121. The molecule has 4 saturated heterocycles. The lowest BCUT2D eigenvalue weighted by atomic mass is 10.2. The number of hydrogen-bond acceptors (Lipinski definition) is 28. The van der Waals surface area contributed by atoms with Crippen LogP contribution in [0.25, 0.3) is 43.6 Å². The Balaban J connectivity index is 0.000000142. The van der Waals surface area contributed by atoms with E-state index in [1.165, 1.54) is 73.8 Å². The van der Waals surface area contributed by atoms with Crippen molar-refractivity contribution < 1.29 is 74.4 Å². The molecule has 0 spiro atoms. The highest BCUT2D eigenvalue weighted by atomic mass is 35.5. The van der Waals surface area contributed by atoms with Gasteiger partial charge in [-0.15, -0.1) is 0 Å². The molecule has 4 aliphatic heterocycles. The van der Waals surface area contributed by atoms with E-state index in [1.807, 2.05) is 48.5 Å². The van der Waals surface area contributed by atoms with Gasteiger partial charge in [0.15, 0.2) is 46.0 Å². The Morgan fingerprint density at radius 2 is 0.500 bits per heavy atom. The zero-order chi connectivity index (χ0) is 86.5. The van der Waals surface area contributed by atoms with E-state index in [0.29, 0.717) is 141 Å². The third-order valence-electron chi connectivity index (χ3n) is 20.3. The first-order valence-corrected chi connectivity index (χ1v) is 42.0. The number of benzene rings is 8. The van der Waals surface area contributed by atoms with Gasteiger partial charge in [0.1, 0.15) is 71.8 Å². The number of fused-ring (bicyclic) bond motifs is 4. The SMILES string of the molecule is COc1cc2ncnc(Nc3ccc(F)c(Cl)c3)c2cc1OCCCN1CCOCC1.COc1cc2ncnc(Nc3ccc(F)c(Cl)c3)c2cc1OCCCN1CCOCC1.COc1cc2ncnc(Nc3ccc(F)c(Cl)c3)c2cc1OCCCN1CCOCC1.COc1cc2ncnc(Nc3ccc(F)c(Cl)c3)c2cc1OCCCN1CCOCC1. The maximum atomic E-state index is 13.5. The number of halogens is 8. The number of nitrogens with one attached hydrogen (secondary N) is 4. The van der Waals surface area contributed by atoms with Gasteiger partial charge < -0.3 is 78.1 Å². The molecular formula is C88H96Cl4F4N16O12. The molecular weight excluding hydrogens is 1690 g/mol. The van der Waals surface area contributed by atoms with Gasteiger partial charge in [-0.05, 0) is 123 Å². The van der Waals surface area contributed by atoms with Crippen LogP contribution in [0.15, 0.2) is 147 Å². The molecule has 656 valence electrons. The summed E-state index contributed by atoms with van der Waals surface area (Å²) in [6.07, 6.45) is 9.40. The topological polar surface area (TPSA) is 275 Å². The van der Waals surface area contributed by atoms with Crippen LogP contribution in [-0.4, -0.2) is 246 Å². The predicted octanol–water partition coefficient (Wildman–Crippen LogP) is 17.1. The Kier molecular flexibility index (Phi) is 34.0. The smallest absolute Gasteiger partial charge is 0.162 e. The Morgan fingerprint density at radius 3 is 0.694 bits per heavy atom. The maximum Gasteiger partial charge on any atom is 0.162 e. The van der Waals surface area contributed by atoms with Crippen LogP contribution in [-0.2, 0) is 18.9 Å². The molecule has 0 unspecified atom stereocenters. The Bertz CT molecular complexity index is 4850. The minimum Gasteiger partial charge on any atom is -0.493 e. The molecule has 36 heteroatoms. The van der Waals surface area contributed by atoms with Gasteiger partial charge >= 0.3 is 0 Å². The van der Waals surface area contributed by atoms with Gasteiger partial charge in [-0.2, -0.15) is 0 Å². The van der Waals surface area contributed by atoms with Gasteiger partial charge in [-0.25, -0.2) is 57.4 Å². The third kappa shape index (κ3) is 25.7. The lowest BCUT2D eigenvalue weighted by molar-refractivity contribution is 0.0357. The highest BCUT2D eigenvalue weighted by Crippen LogP contribution is 2.41. The molecule has 4 fully saturated rings. The molecule has 0 radical (unpaired) electrons. The molecule has 8 aromatic carbocycles. The van der Waals surface area contributed by atoms with Gasteiger partial charge in [0.2, 0.25) is 0 Å². The van der Waals surface area contributed by atoms with Gasteiger partial charge in [-0.1, -0.05) is 46.4 Å². The van der Waals surface area contributed by atoms with E-state index < -0.39 is 23.3 Å². The van der Waals surface area contributed by atoms with Crippen molar-refractivity contribution in [1.82, 2.24) is 59.5 Å². The van der Waals surface area contributed by atoms with Crippen molar-refractivity contribution >= 4 is 136 Å².